The largest absolute Gasteiger partial charge is 0.475 e. The Kier molecular flexibility index (Phi) is 8.33. The number of hydrogen-bond acceptors (Lipinski definition) is 7. The molecule has 36 heavy (non-hydrogen) atoms. The summed E-state index contributed by atoms with van der Waals surface area (Å²) in [6.07, 6.45) is -5.68. The standard InChI is InChI=1S/C15H8F12N2O7/c16-10(17)12(20,21)14(24,25)15(26,27)13(22,23)11(18,19)5-36-9(30)4-35-8-2-1-6(28(31)32)3-7(8)29(33)34/h1-3,10H,4-5H2. The van der Waals surface area contributed by atoms with E-state index in [4.69, 9.17) is 0 Å². The molecule has 0 spiro atoms. The molecule has 0 atom stereocenters. The third-order valence-corrected chi connectivity index (χ3v) is 4.05. The van der Waals surface area contributed by atoms with E-state index in [1.807, 2.05) is 0 Å². The SMILES string of the molecule is O=C(COc1ccc([N+](=O)[O-])cc1[N+](=O)[O-])OCC(F)(F)C(F)(F)C(F)(F)C(F)(F)C(F)(F)C(F)F. The summed E-state index contributed by atoms with van der Waals surface area (Å²) < 4.78 is 164. The van der Waals surface area contributed by atoms with Gasteiger partial charge in [0.25, 0.3) is 5.69 Å². The van der Waals surface area contributed by atoms with Gasteiger partial charge < -0.3 is 9.47 Å². The molecule has 0 N–H and O–H groups in total. The first kappa shape index (κ1) is 30.5. The van der Waals surface area contributed by atoms with Crippen LogP contribution in [-0.4, -0.2) is 65.1 Å². The van der Waals surface area contributed by atoms with Crippen LogP contribution >= 0.6 is 0 Å². The zero-order valence-electron chi connectivity index (χ0n) is 16.5. The maximum Gasteiger partial charge on any atom is 0.384 e. The number of nitro benzene ring substituents is 2. The van der Waals surface area contributed by atoms with Crippen molar-refractivity contribution in [1.82, 2.24) is 0 Å². The Bertz CT molecular complexity index is 1020. The Morgan fingerprint density at radius 3 is 1.83 bits per heavy atom. The second-order valence-corrected chi connectivity index (χ2v) is 6.47. The number of benzene rings is 1. The Labute approximate surface area is 188 Å². The summed E-state index contributed by atoms with van der Waals surface area (Å²) in [6.45, 7) is -4.88. The summed E-state index contributed by atoms with van der Waals surface area (Å²) in [4.78, 5) is 30.5. The smallest absolute Gasteiger partial charge is 0.384 e. The zero-order chi connectivity index (χ0) is 28.5. The van der Waals surface area contributed by atoms with E-state index in [0.717, 1.165) is 0 Å². The van der Waals surface area contributed by atoms with Gasteiger partial charge in [-0.05, 0) is 6.07 Å². The molecule has 1 aromatic carbocycles. The van der Waals surface area contributed by atoms with Crippen molar-refractivity contribution < 1.29 is 76.8 Å². The molecule has 1 aromatic rings. The molecule has 9 nitrogen and oxygen atoms in total. The lowest BCUT2D eigenvalue weighted by atomic mass is 9.94. The number of nitro groups is 2. The van der Waals surface area contributed by atoms with Crippen LogP contribution in [0, 0.1) is 20.2 Å². The van der Waals surface area contributed by atoms with Crippen LogP contribution in [0.3, 0.4) is 0 Å². The van der Waals surface area contributed by atoms with E-state index in [9.17, 15) is 77.7 Å². The predicted molar refractivity (Wildman–Crippen MR) is 86.9 cm³/mol. The first-order chi connectivity index (χ1) is 16.0. The highest BCUT2D eigenvalue weighted by Crippen LogP contribution is 2.58. The maximum absolute atomic E-state index is 13.6. The number of rotatable bonds is 12. The second kappa shape index (κ2) is 9.84. The van der Waals surface area contributed by atoms with Crippen molar-refractivity contribution in [3.63, 3.8) is 0 Å². The molecule has 0 aromatic heterocycles. The van der Waals surface area contributed by atoms with Crippen molar-refractivity contribution in [3.05, 3.63) is 38.4 Å². The van der Waals surface area contributed by atoms with Gasteiger partial charge in [-0.2, -0.15) is 43.9 Å². The third kappa shape index (κ3) is 5.32. The van der Waals surface area contributed by atoms with Crippen molar-refractivity contribution in [1.29, 1.82) is 0 Å². The van der Waals surface area contributed by atoms with Crippen molar-refractivity contribution in [2.24, 2.45) is 0 Å². The van der Waals surface area contributed by atoms with Crippen molar-refractivity contribution in [2.45, 2.75) is 36.0 Å². The van der Waals surface area contributed by atoms with Crippen LogP contribution in [-0.2, 0) is 9.53 Å². The van der Waals surface area contributed by atoms with Crippen LogP contribution < -0.4 is 4.74 Å². The summed E-state index contributed by atoms with van der Waals surface area (Å²) in [6, 6.07) is 1.44. The minimum Gasteiger partial charge on any atom is -0.475 e. The average molecular weight is 556 g/mol. The van der Waals surface area contributed by atoms with Gasteiger partial charge in [-0.1, -0.05) is 0 Å². The number of non-ortho nitro benzene ring substituents is 1. The molecule has 204 valence electrons. The monoisotopic (exact) mass is 556 g/mol. The minimum atomic E-state index is -7.81. The topological polar surface area (TPSA) is 122 Å². The molecule has 0 unspecified atom stereocenters. The average Bonchev–Trinajstić information content (AvgIpc) is 2.75. The molecule has 0 bridgehead atoms. The number of carbonyl (C=O) groups excluding carboxylic acids is 1. The fourth-order valence-corrected chi connectivity index (χ4v) is 2.10. The molecule has 1 rings (SSSR count). The molecule has 0 heterocycles. The van der Waals surface area contributed by atoms with Crippen LogP contribution in [0.5, 0.6) is 5.75 Å². The lowest BCUT2D eigenvalue weighted by Crippen LogP contribution is -2.69. The van der Waals surface area contributed by atoms with E-state index < -0.39 is 82.2 Å². The van der Waals surface area contributed by atoms with Gasteiger partial charge in [0.15, 0.2) is 19.0 Å². The molecule has 0 saturated carbocycles. The molecule has 0 amide bonds. The third-order valence-electron chi connectivity index (χ3n) is 4.05. The highest BCUT2D eigenvalue weighted by Gasteiger charge is 2.87. The van der Waals surface area contributed by atoms with Crippen LogP contribution in [0.4, 0.5) is 64.1 Å². The molecule has 0 saturated heterocycles. The zero-order valence-corrected chi connectivity index (χ0v) is 16.5. The summed E-state index contributed by atoms with van der Waals surface area (Å²) >= 11 is 0. The molecule has 0 aliphatic rings. The number of halogens is 12. The van der Waals surface area contributed by atoms with Gasteiger partial charge in [-0.3, -0.25) is 20.2 Å². The van der Waals surface area contributed by atoms with E-state index in [-0.39, 0.29) is 0 Å². The van der Waals surface area contributed by atoms with E-state index in [1.54, 1.807) is 0 Å². The van der Waals surface area contributed by atoms with Crippen LogP contribution in [0.1, 0.15) is 0 Å². The quantitative estimate of drug-likeness (QED) is 0.156. The van der Waals surface area contributed by atoms with E-state index in [1.165, 1.54) is 0 Å². The predicted octanol–water partition coefficient (Wildman–Crippen LogP) is 4.87. The van der Waals surface area contributed by atoms with Gasteiger partial charge in [-0.25, -0.2) is 13.6 Å². The molecule has 0 radical (unpaired) electrons. The van der Waals surface area contributed by atoms with E-state index in [0.29, 0.717) is 18.2 Å². The Hall–Kier alpha value is -3.55. The number of hydrogen-bond donors (Lipinski definition) is 0. The van der Waals surface area contributed by atoms with Crippen molar-refractivity contribution in [3.8, 4) is 5.75 Å². The van der Waals surface area contributed by atoms with Crippen LogP contribution in [0.25, 0.3) is 0 Å². The van der Waals surface area contributed by atoms with Crippen molar-refractivity contribution >= 4 is 17.3 Å². The van der Waals surface area contributed by atoms with E-state index in [2.05, 4.69) is 9.47 Å². The molecular formula is C15H8F12N2O7. The fraction of sp³-hybridized carbons (Fsp3) is 0.533. The highest BCUT2D eigenvalue weighted by atomic mass is 19.4. The maximum atomic E-state index is 13.6. The Morgan fingerprint density at radius 1 is 0.861 bits per heavy atom. The normalized spacial score (nSPS) is 13.5. The number of carbonyl (C=O) groups is 1. The number of ether oxygens (including phenoxy) is 2. The van der Waals surface area contributed by atoms with Crippen LogP contribution in [0.15, 0.2) is 18.2 Å². The molecular weight excluding hydrogens is 548 g/mol. The first-order valence-corrected chi connectivity index (χ1v) is 8.43. The number of esters is 1. The number of alkyl halides is 12. The van der Waals surface area contributed by atoms with Gasteiger partial charge >= 0.3 is 47.7 Å². The fourth-order valence-electron chi connectivity index (χ4n) is 2.10. The van der Waals surface area contributed by atoms with Gasteiger partial charge in [-0.15, -0.1) is 0 Å². The molecule has 0 aliphatic carbocycles. The van der Waals surface area contributed by atoms with Crippen LogP contribution in [0.2, 0.25) is 0 Å². The molecule has 0 fully saturated rings. The number of nitrogens with zero attached hydrogens (tertiary/aromatic N) is 2. The first-order valence-electron chi connectivity index (χ1n) is 8.43. The van der Waals surface area contributed by atoms with Gasteiger partial charge in [0.05, 0.1) is 15.9 Å². The van der Waals surface area contributed by atoms with Gasteiger partial charge in [0.1, 0.15) is 0 Å². The van der Waals surface area contributed by atoms with E-state index >= 15 is 0 Å². The molecule has 0 aliphatic heterocycles. The minimum absolute atomic E-state index is 0.312. The van der Waals surface area contributed by atoms with Crippen molar-refractivity contribution in [2.75, 3.05) is 13.2 Å². The van der Waals surface area contributed by atoms with Gasteiger partial charge in [0, 0.05) is 6.07 Å². The summed E-state index contributed by atoms with van der Waals surface area (Å²) in [7, 11) is 0. The summed E-state index contributed by atoms with van der Waals surface area (Å²) in [5.41, 5.74) is -2.02. The lowest BCUT2D eigenvalue weighted by Gasteiger charge is -2.38. The lowest BCUT2D eigenvalue weighted by molar-refractivity contribution is -0.414. The Morgan fingerprint density at radius 2 is 1.39 bits per heavy atom. The summed E-state index contributed by atoms with van der Waals surface area (Å²) in [5.74, 6) is -39.9. The summed E-state index contributed by atoms with van der Waals surface area (Å²) in [5, 5.41) is 21.5. The second-order valence-electron chi connectivity index (χ2n) is 6.47. The highest BCUT2D eigenvalue weighted by molar-refractivity contribution is 5.71. The van der Waals surface area contributed by atoms with Gasteiger partial charge in [0.2, 0.25) is 0 Å². The molecule has 21 heteroatoms. The Balaban J connectivity index is 3.02.